The minimum Gasteiger partial charge on any atom is -0.472 e. The van der Waals surface area contributed by atoms with Gasteiger partial charge >= 0.3 is 0 Å². The summed E-state index contributed by atoms with van der Waals surface area (Å²) in [5, 5.41) is 0.400. The third kappa shape index (κ3) is 3.08. The molecule has 78 valence electrons. The largest absolute Gasteiger partial charge is 0.472 e. The van der Waals surface area contributed by atoms with Crippen LogP contribution in [-0.4, -0.2) is 18.0 Å². The molecule has 1 rings (SSSR count). The van der Waals surface area contributed by atoms with E-state index in [-0.39, 0.29) is 12.4 Å². The highest BCUT2D eigenvalue weighted by Gasteiger charge is 2.06. The van der Waals surface area contributed by atoms with Gasteiger partial charge in [-0.2, -0.15) is 0 Å². The van der Waals surface area contributed by atoms with Crippen molar-refractivity contribution in [3.63, 3.8) is 0 Å². The predicted octanol–water partition coefficient (Wildman–Crippen LogP) is 1.84. The second-order valence-electron chi connectivity index (χ2n) is 2.52. The second kappa shape index (κ2) is 5.07. The molecule has 0 aliphatic carbocycles. The van der Waals surface area contributed by atoms with Crippen LogP contribution >= 0.6 is 11.6 Å². The quantitative estimate of drug-likeness (QED) is 0.846. The lowest BCUT2D eigenvalue weighted by Crippen LogP contribution is -2.08. The standard InChI is InChI=1S/C8H9ClF2N2O/c9-6-3-13-8(1-5(6)2-12)14-4-7(10)11/h1,3,7H,2,4,12H2. The highest BCUT2D eigenvalue weighted by atomic mass is 35.5. The molecule has 6 heteroatoms. The van der Waals surface area contributed by atoms with Gasteiger partial charge in [-0.05, 0) is 5.56 Å². The maximum absolute atomic E-state index is 11.8. The van der Waals surface area contributed by atoms with E-state index in [0.717, 1.165) is 0 Å². The summed E-state index contributed by atoms with van der Waals surface area (Å²) in [5.74, 6) is 0.107. The average molecular weight is 223 g/mol. The van der Waals surface area contributed by atoms with Gasteiger partial charge in [0, 0.05) is 18.8 Å². The SMILES string of the molecule is NCc1cc(OCC(F)F)ncc1Cl. The first-order valence-corrected chi connectivity index (χ1v) is 4.26. The Balaban J connectivity index is 2.69. The van der Waals surface area contributed by atoms with Crippen LogP contribution in [0.4, 0.5) is 8.78 Å². The van der Waals surface area contributed by atoms with Crippen LogP contribution in [0.25, 0.3) is 0 Å². The number of ether oxygens (including phenoxy) is 1. The Kier molecular flexibility index (Phi) is 4.03. The van der Waals surface area contributed by atoms with Crippen LogP contribution in [0.2, 0.25) is 5.02 Å². The van der Waals surface area contributed by atoms with E-state index in [1.807, 2.05) is 0 Å². The van der Waals surface area contributed by atoms with Gasteiger partial charge in [0.05, 0.1) is 5.02 Å². The molecule has 0 saturated carbocycles. The maximum Gasteiger partial charge on any atom is 0.272 e. The van der Waals surface area contributed by atoms with E-state index < -0.39 is 13.0 Å². The van der Waals surface area contributed by atoms with Gasteiger partial charge in [-0.25, -0.2) is 13.8 Å². The lowest BCUT2D eigenvalue weighted by atomic mass is 10.3. The minimum atomic E-state index is -2.52. The van der Waals surface area contributed by atoms with Crippen molar-refractivity contribution in [2.45, 2.75) is 13.0 Å². The number of nitrogens with zero attached hydrogens (tertiary/aromatic N) is 1. The van der Waals surface area contributed by atoms with Crippen LogP contribution in [0, 0.1) is 0 Å². The lowest BCUT2D eigenvalue weighted by molar-refractivity contribution is 0.0795. The molecule has 0 spiro atoms. The number of aromatic nitrogens is 1. The van der Waals surface area contributed by atoms with Crippen molar-refractivity contribution < 1.29 is 13.5 Å². The Morgan fingerprint density at radius 3 is 2.86 bits per heavy atom. The molecule has 0 atom stereocenters. The number of halogens is 3. The Morgan fingerprint density at radius 2 is 2.29 bits per heavy atom. The van der Waals surface area contributed by atoms with Crippen LogP contribution in [0.15, 0.2) is 12.3 Å². The van der Waals surface area contributed by atoms with Gasteiger partial charge in [0.1, 0.15) is 0 Å². The molecule has 3 nitrogen and oxygen atoms in total. The first-order chi connectivity index (χ1) is 6.63. The van der Waals surface area contributed by atoms with E-state index in [9.17, 15) is 8.78 Å². The summed E-state index contributed by atoms with van der Waals surface area (Å²) in [5.41, 5.74) is 5.98. The molecule has 0 fully saturated rings. The molecule has 0 aromatic carbocycles. The molecule has 0 saturated heterocycles. The van der Waals surface area contributed by atoms with Crippen LogP contribution in [0.1, 0.15) is 5.56 Å². The lowest BCUT2D eigenvalue weighted by Gasteiger charge is -2.06. The normalized spacial score (nSPS) is 10.6. The zero-order valence-corrected chi connectivity index (χ0v) is 7.97. The average Bonchev–Trinajstić information content (AvgIpc) is 2.16. The molecule has 0 unspecified atom stereocenters. The van der Waals surface area contributed by atoms with Gasteiger partial charge in [-0.3, -0.25) is 0 Å². The number of nitrogens with two attached hydrogens (primary N) is 1. The van der Waals surface area contributed by atoms with Crippen molar-refractivity contribution in [1.82, 2.24) is 4.98 Å². The fourth-order valence-electron chi connectivity index (χ4n) is 0.842. The van der Waals surface area contributed by atoms with Crippen LogP contribution in [-0.2, 0) is 6.54 Å². The summed E-state index contributed by atoms with van der Waals surface area (Å²) in [6.45, 7) is -0.467. The van der Waals surface area contributed by atoms with Crippen LogP contribution in [0.5, 0.6) is 5.88 Å². The molecular weight excluding hydrogens is 214 g/mol. The Hall–Kier alpha value is -0.940. The monoisotopic (exact) mass is 222 g/mol. The van der Waals surface area contributed by atoms with Crippen molar-refractivity contribution in [2.75, 3.05) is 6.61 Å². The summed E-state index contributed by atoms with van der Waals surface area (Å²) in [6.07, 6.45) is -1.20. The highest BCUT2D eigenvalue weighted by Crippen LogP contribution is 2.18. The summed E-state index contributed by atoms with van der Waals surface area (Å²) < 4.78 is 28.2. The van der Waals surface area contributed by atoms with Gasteiger partial charge in [-0.1, -0.05) is 11.6 Å². The molecule has 0 amide bonds. The van der Waals surface area contributed by atoms with Crippen molar-refractivity contribution in [3.8, 4) is 5.88 Å². The van der Waals surface area contributed by atoms with E-state index in [0.29, 0.717) is 10.6 Å². The molecule has 0 aliphatic rings. The zero-order valence-electron chi connectivity index (χ0n) is 7.21. The van der Waals surface area contributed by atoms with E-state index in [1.165, 1.54) is 12.3 Å². The number of pyridine rings is 1. The van der Waals surface area contributed by atoms with Crippen LogP contribution in [0.3, 0.4) is 0 Å². The Labute approximate surface area is 84.8 Å². The maximum atomic E-state index is 11.8. The minimum absolute atomic E-state index is 0.107. The fraction of sp³-hybridized carbons (Fsp3) is 0.375. The van der Waals surface area contributed by atoms with Crippen LogP contribution < -0.4 is 10.5 Å². The van der Waals surface area contributed by atoms with Gasteiger partial charge in [0.2, 0.25) is 5.88 Å². The third-order valence-electron chi connectivity index (χ3n) is 1.49. The smallest absolute Gasteiger partial charge is 0.272 e. The van der Waals surface area contributed by atoms with E-state index in [2.05, 4.69) is 9.72 Å². The first kappa shape index (κ1) is 11.1. The molecule has 1 heterocycles. The second-order valence-corrected chi connectivity index (χ2v) is 2.93. The van der Waals surface area contributed by atoms with Gasteiger partial charge < -0.3 is 10.5 Å². The molecule has 1 aromatic rings. The molecule has 0 radical (unpaired) electrons. The van der Waals surface area contributed by atoms with E-state index in [1.54, 1.807) is 0 Å². The highest BCUT2D eigenvalue weighted by molar-refractivity contribution is 6.31. The summed E-state index contributed by atoms with van der Waals surface area (Å²) >= 11 is 5.71. The van der Waals surface area contributed by atoms with Crippen molar-refractivity contribution in [1.29, 1.82) is 0 Å². The predicted molar refractivity (Wildman–Crippen MR) is 48.6 cm³/mol. The van der Waals surface area contributed by atoms with Gasteiger partial charge in [0.25, 0.3) is 6.43 Å². The summed E-state index contributed by atoms with van der Waals surface area (Å²) in [7, 11) is 0. The molecule has 0 bridgehead atoms. The van der Waals surface area contributed by atoms with Gasteiger partial charge in [0.15, 0.2) is 6.61 Å². The number of hydrogen-bond donors (Lipinski definition) is 1. The topological polar surface area (TPSA) is 48.1 Å². The zero-order chi connectivity index (χ0) is 10.6. The fourth-order valence-corrected chi connectivity index (χ4v) is 1.02. The third-order valence-corrected chi connectivity index (χ3v) is 1.83. The van der Waals surface area contributed by atoms with Gasteiger partial charge in [-0.15, -0.1) is 0 Å². The molecule has 2 N–H and O–H groups in total. The summed E-state index contributed by atoms with van der Waals surface area (Å²) in [4.78, 5) is 3.72. The Bertz CT molecular complexity index is 309. The number of alkyl halides is 2. The number of hydrogen-bond acceptors (Lipinski definition) is 3. The van der Waals surface area contributed by atoms with E-state index >= 15 is 0 Å². The van der Waals surface area contributed by atoms with Crippen molar-refractivity contribution in [3.05, 3.63) is 22.8 Å². The molecule has 1 aromatic heterocycles. The molecule has 14 heavy (non-hydrogen) atoms. The van der Waals surface area contributed by atoms with Crippen molar-refractivity contribution >= 4 is 11.6 Å². The summed E-state index contributed by atoms with van der Waals surface area (Å²) in [6, 6.07) is 1.45. The van der Waals surface area contributed by atoms with E-state index in [4.69, 9.17) is 17.3 Å². The molecular formula is C8H9ClF2N2O. The van der Waals surface area contributed by atoms with Crippen molar-refractivity contribution in [2.24, 2.45) is 5.73 Å². The molecule has 0 aliphatic heterocycles. The number of rotatable bonds is 4. The Morgan fingerprint density at radius 1 is 1.57 bits per heavy atom. The first-order valence-electron chi connectivity index (χ1n) is 3.89.